The van der Waals surface area contributed by atoms with Crippen LogP contribution in [-0.4, -0.2) is 17.9 Å². The van der Waals surface area contributed by atoms with Crippen molar-refractivity contribution < 1.29 is 18.7 Å². The van der Waals surface area contributed by atoms with Gasteiger partial charge in [-0.15, -0.1) is 0 Å². The van der Waals surface area contributed by atoms with Gasteiger partial charge in [-0.3, -0.25) is 9.59 Å². The average molecular weight is 300 g/mol. The molecule has 2 N–H and O–H groups in total. The summed E-state index contributed by atoms with van der Waals surface area (Å²) in [4.78, 5) is 23.9. The van der Waals surface area contributed by atoms with E-state index >= 15 is 0 Å². The number of para-hydroxylation sites is 1. The normalized spacial score (nSPS) is 16.3. The number of rotatable bonds is 2. The van der Waals surface area contributed by atoms with Gasteiger partial charge >= 0.3 is 0 Å². The monoisotopic (exact) mass is 300 g/mol. The summed E-state index contributed by atoms with van der Waals surface area (Å²) in [6, 6.07) is 10.5. The Balaban J connectivity index is 1.91. The molecule has 0 bridgehead atoms. The highest BCUT2D eigenvalue weighted by Gasteiger charge is 2.27. The number of carbonyl (C=O) groups excluding carboxylic acids is 2. The second kappa shape index (κ2) is 5.48. The molecule has 22 heavy (non-hydrogen) atoms. The van der Waals surface area contributed by atoms with Crippen LogP contribution in [0, 0.1) is 5.82 Å². The lowest BCUT2D eigenvalue weighted by Crippen LogP contribution is -2.35. The zero-order chi connectivity index (χ0) is 15.7. The highest BCUT2D eigenvalue weighted by Crippen LogP contribution is 2.33. The summed E-state index contributed by atoms with van der Waals surface area (Å²) in [5.74, 6) is -0.838. The number of ether oxygens (including phenoxy) is 1. The third-order valence-electron chi connectivity index (χ3n) is 3.26. The first-order chi connectivity index (χ1) is 10.5. The minimum atomic E-state index is -0.685. The topological polar surface area (TPSA) is 67.4 Å². The minimum absolute atomic E-state index is 0.268. The van der Waals surface area contributed by atoms with Crippen molar-refractivity contribution in [3.8, 4) is 5.75 Å². The fourth-order valence-electron chi connectivity index (χ4n) is 2.17. The summed E-state index contributed by atoms with van der Waals surface area (Å²) in [7, 11) is 0. The molecule has 1 aliphatic rings. The molecule has 0 fully saturated rings. The summed E-state index contributed by atoms with van der Waals surface area (Å²) >= 11 is 0. The van der Waals surface area contributed by atoms with E-state index < -0.39 is 17.8 Å². The number of benzene rings is 2. The molecule has 2 amide bonds. The van der Waals surface area contributed by atoms with E-state index in [0.717, 1.165) is 0 Å². The number of amides is 2. The smallest absolute Gasteiger partial charge is 0.265 e. The van der Waals surface area contributed by atoms with Crippen LogP contribution in [-0.2, 0) is 4.79 Å². The number of halogens is 1. The molecule has 2 aromatic carbocycles. The molecule has 1 heterocycles. The van der Waals surface area contributed by atoms with E-state index in [-0.39, 0.29) is 11.5 Å². The Morgan fingerprint density at radius 3 is 2.82 bits per heavy atom. The number of nitrogens with one attached hydrogen (secondary N) is 2. The standard InChI is InChI=1S/C16H13FN2O3/c1-9-15(20)19-13-7-3-6-12(14(13)22-9)16(21)18-11-5-2-4-10(17)8-11/h2-9H,1H3,(H,18,21)(H,19,20). The molecule has 112 valence electrons. The maximum Gasteiger partial charge on any atom is 0.265 e. The van der Waals surface area contributed by atoms with Gasteiger partial charge in [-0.25, -0.2) is 4.39 Å². The lowest BCUT2D eigenvalue weighted by molar-refractivity contribution is -0.122. The third kappa shape index (κ3) is 2.63. The fourth-order valence-corrected chi connectivity index (χ4v) is 2.17. The summed E-state index contributed by atoms with van der Waals surface area (Å²) in [5.41, 5.74) is 1.05. The molecule has 0 saturated heterocycles. The quantitative estimate of drug-likeness (QED) is 0.896. The summed E-state index contributed by atoms with van der Waals surface area (Å²) in [5, 5.41) is 5.28. The van der Waals surface area contributed by atoms with Crippen LogP contribution in [0.5, 0.6) is 5.75 Å². The summed E-state index contributed by atoms with van der Waals surface area (Å²) in [6.45, 7) is 1.60. The lowest BCUT2D eigenvalue weighted by atomic mass is 10.1. The average Bonchev–Trinajstić information content (AvgIpc) is 2.48. The van der Waals surface area contributed by atoms with Crippen molar-refractivity contribution in [1.29, 1.82) is 0 Å². The van der Waals surface area contributed by atoms with Crippen molar-refractivity contribution in [3.05, 3.63) is 53.8 Å². The van der Waals surface area contributed by atoms with Gasteiger partial charge in [0.15, 0.2) is 11.9 Å². The SMILES string of the molecule is CC1Oc2c(cccc2C(=O)Nc2cccc(F)c2)NC1=O. The van der Waals surface area contributed by atoms with E-state index in [1.54, 1.807) is 31.2 Å². The van der Waals surface area contributed by atoms with Crippen molar-refractivity contribution in [2.45, 2.75) is 13.0 Å². The van der Waals surface area contributed by atoms with Gasteiger partial charge in [0.2, 0.25) is 0 Å². The molecule has 0 spiro atoms. The minimum Gasteiger partial charge on any atom is -0.478 e. The van der Waals surface area contributed by atoms with Gasteiger partial charge in [-0.1, -0.05) is 12.1 Å². The molecule has 1 aliphatic heterocycles. The molecule has 1 unspecified atom stereocenters. The van der Waals surface area contributed by atoms with Crippen LogP contribution in [0.4, 0.5) is 15.8 Å². The molecular weight excluding hydrogens is 287 g/mol. The molecular formula is C16H13FN2O3. The highest BCUT2D eigenvalue weighted by atomic mass is 19.1. The van der Waals surface area contributed by atoms with Crippen LogP contribution < -0.4 is 15.4 Å². The van der Waals surface area contributed by atoms with Crippen molar-refractivity contribution in [1.82, 2.24) is 0 Å². The Bertz CT molecular complexity index is 761. The molecule has 1 atom stereocenters. The Kier molecular flexibility index (Phi) is 3.50. The first kappa shape index (κ1) is 14.1. The first-order valence-electron chi connectivity index (χ1n) is 6.72. The molecule has 0 radical (unpaired) electrons. The van der Waals surface area contributed by atoms with Gasteiger partial charge in [-0.05, 0) is 37.3 Å². The molecule has 2 aromatic rings. The Morgan fingerprint density at radius 1 is 1.27 bits per heavy atom. The molecule has 0 aliphatic carbocycles. The van der Waals surface area contributed by atoms with Crippen LogP contribution in [0.3, 0.4) is 0 Å². The van der Waals surface area contributed by atoms with Gasteiger partial charge in [0.25, 0.3) is 11.8 Å². The second-order valence-electron chi connectivity index (χ2n) is 4.90. The van der Waals surface area contributed by atoms with Gasteiger partial charge < -0.3 is 15.4 Å². The molecule has 5 nitrogen and oxygen atoms in total. The Morgan fingerprint density at radius 2 is 2.05 bits per heavy atom. The highest BCUT2D eigenvalue weighted by molar-refractivity contribution is 6.09. The van der Waals surface area contributed by atoms with E-state index in [0.29, 0.717) is 17.1 Å². The fraction of sp³-hybridized carbons (Fsp3) is 0.125. The maximum atomic E-state index is 13.2. The third-order valence-corrected chi connectivity index (χ3v) is 3.26. The Labute approximate surface area is 126 Å². The molecule has 3 rings (SSSR count). The largest absolute Gasteiger partial charge is 0.478 e. The van der Waals surface area contributed by atoms with Crippen LogP contribution in [0.25, 0.3) is 0 Å². The van der Waals surface area contributed by atoms with Crippen LogP contribution >= 0.6 is 0 Å². The second-order valence-corrected chi connectivity index (χ2v) is 4.90. The van der Waals surface area contributed by atoms with E-state index in [1.807, 2.05) is 0 Å². The Hall–Kier alpha value is -2.89. The van der Waals surface area contributed by atoms with Gasteiger partial charge in [0.1, 0.15) is 5.82 Å². The predicted octanol–water partition coefficient (Wildman–Crippen LogP) is 2.80. The van der Waals surface area contributed by atoms with Crippen molar-refractivity contribution in [2.24, 2.45) is 0 Å². The number of fused-ring (bicyclic) bond motifs is 1. The molecule has 6 heteroatoms. The van der Waals surface area contributed by atoms with E-state index in [1.165, 1.54) is 18.2 Å². The van der Waals surface area contributed by atoms with Crippen molar-refractivity contribution >= 4 is 23.2 Å². The molecule has 0 saturated carbocycles. The number of anilines is 2. The number of hydrogen-bond acceptors (Lipinski definition) is 3. The van der Waals surface area contributed by atoms with E-state index in [9.17, 15) is 14.0 Å². The van der Waals surface area contributed by atoms with Crippen molar-refractivity contribution in [3.63, 3.8) is 0 Å². The van der Waals surface area contributed by atoms with Gasteiger partial charge in [0, 0.05) is 5.69 Å². The van der Waals surface area contributed by atoms with Gasteiger partial charge in [-0.2, -0.15) is 0 Å². The summed E-state index contributed by atoms with van der Waals surface area (Å²) in [6.07, 6.45) is -0.685. The summed E-state index contributed by atoms with van der Waals surface area (Å²) < 4.78 is 18.7. The van der Waals surface area contributed by atoms with Crippen LogP contribution in [0.15, 0.2) is 42.5 Å². The number of carbonyl (C=O) groups is 2. The van der Waals surface area contributed by atoms with E-state index in [4.69, 9.17) is 4.74 Å². The van der Waals surface area contributed by atoms with Crippen LogP contribution in [0.2, 0.25) is 0 Å². The lowest BCUT2D eigenvalue weighted by Gasteiger charge is -2.25. The van der Waals surface area contributed by atoms with Crippen LogP contribution in [0.1, 0.15) is 17.3 Å². The van der Waals surface area contributed by atoms with Gasteiger partial charge in [0.05, 0.1) is 11.3 Å². The zero-order valence-corrected chi connectivity index (χ0v) is 11.7. The zero-order valence-electron chi connectivity index (χ0n) is 11.7. The van der Waals surface area contributed by atoms with Crippen molar-refractivity contribution in [2.75, 3.05) is 10.6 Å². The number of hydrogen-bond donors (Lipinski definition) is 2. The maximum absolute atomic E-state index is 13.2. The predicted molar refractivity (Wildman–Crippen MR) is 79.5 cm³/mol. The van der Waals surface area contributed by atoms with E-state index in [2.05, 4.69) is 10.6 Å². The first-order valence-corrected chi connectivity index (χ1v) is 6.72. The molecule has 0 aromatic heterocycles.